The normalized spacial score (nSPS) is 27.2. The number of rotatable bonds is 1. The van der Waals surface area contributed by atoms with Gasteiger partial charge in [-0.1, -0.05) is 30.7 Å². The summed E-state index contributed by atoms with van der Waals surface area (Å²) in [4.78, 5) is 0. The molecule has 1 saturated carbocycles. The molecule has 0 heteroatoms. The summed E-state index contributed by atoms with van der Waals surface area (Å²) >= 11 is 0. The SMILES string of the molecule is Cc1ccc(C)c(C2CC2C)c1.[HH]. The van der Waals surface area contributed by atoms with Crippen LogP contribution in [0.15, 0.2) is 18.2 Å². The summed E-state index contributed by atoms with van der Waals surface area (Å²) in [5.41, 5.74) is 4.45. The van der Waals surface area contributed by atoms with Gasteiger partial charge in [0.15, 0.2) is 0 Å². The molecule has 0 saturated heterocycles. The summed E-state index contributed by atoms with van der Waals surface area (Å²) in [6.45, 7) is 6.74. The van der Waals surface area contributed by atoms with Gasteiger partial charge in [-0.25, -0.2) is 0 Å². The fraction of sp³-hybridized carbons (Fsp3) is 0.500. The van der Waals surface area contributed by atoms with Crippen molar-refractivity contribution in [3.05, 3.63) is 34.9 Å². The van der Waals surface area contributed by atoms with E-state index in [-0.39, 0.29) is 1.43 Å². The maximum atomic E-state index is 2.35. The first-order valence-corrected chi connectivity index (χ1v) is 4.75. The van der Waals surface area contributed by atoms with Crippen molar-refractivity contribution in [2.45, 2.75) is 33.1 Å². The summed E-state index contributed by atoms with van der Waals surface area (Å²) in [6.07, 6.45) is 1.39. The molecule has 0 radical (unpaired) electrons. The molecule has 1 fully saturated rings. The first-order valence-electron chi connectivity index (χ1n) is 4.75. The van der Waals surface area contributed by atoms with Crippen LogP contribution in [0.25, 0.3) is 0 Å². The van der Waals surface area contributed by atoms with Crippen LogP contribution in [0.1, 0.15) is 37.4 Å². The van der Waals surface area contributed by atoms with Crippen LogP contribution in [0.2, 0.25) is 0 Å². The van der Waals surface area contributed by atoms with Crippen LogP contribution in [0.5, 0.6) is 0 Å². The molecule has 2 atom stereocenters. The van der Waals surface area contributed by atoms with Crippen molar-refractivity contribution in [3.63, 3.8) is 0 Å². The molecule has 0 nitrogen and oxygen atoms in total. The Hall–Kier alpha value is -0.780. The zero-order chi connectivity index (χ0) is 8.72. The second-order valence-electron chi connectivity index (χ2n) is 4.18. The minimum Gasteiger partial charge on any atom is -0.0619 e. The molecule has 66 valence electrons. The van der Waals surface area contributed by atoms with Crippen LogP contribution in [0, 0.1) is 19.8 Å². The highest BCUT2D eigenvalue weighted by Gasteiger charge is 2.34. The molecule has 2 rings (SSSR count). The van der Waals surface area contributed by atoms with Crippen molar-refractivity contribution in [2.24, 2.45) is 5.92 Å². The Kier molecular flexibility index (Phi) is 1.71. The van der Waals surface area contributed by atoms with E-state index in [1.54, 1.807) is 5.56 Å². The lowest BCUT2D eigenvalue weighted by atomic mass is 10.0. The molecule has 1 aromatic carbocycles. The monoisotopic (exact) mass is 162 g/mol. The van der Waals surface area contributed by atoms with Gasteiger partial charge in [0, 0.05) is 1.43 Å². The van der Waals surface area contributed by atoms with Gasteiger partial charge in [0.05, 0.1) is 0 Å². The smallest absolute Gasteiger partial charge is 0 e. The molecule has 0 aromatic heterocycles. The van der Waals surface area contributed by atoms with E-state index in [0.29, 0.717) is 0 Å². The van der Waals surface area contributed by atoms with Gasteiger partial charge in [-0.2, -0.15) is 0 Å². The first-order chi connectivity index (χ1) is 5.68. The Morgan fingerprint density at radius 1 is 1.33 bits per heavy atom. The van der Waals surface area contributed by atoms with Crippen LogP contribution in [-0.2, 0) is 0 Å². The third kappa shape index (κ3) is 1.26. The third-order valence-electron chi connectivity index (χ3n) is 2.94. The summed E-state index contributed by atoms with van der Waals surface area (Å²) in [5.74, 6) is 1.79. The molecule has 0 N–H and O–H groups in total. The second kappa shape index (κ2) is 2.62. The summed E-state index contributed by atoms with van der Waals surface area (Å²) < 4.78 is 0. The number of hydrogen-bond acceptors (Lipinski definition) is 0. The average molecular weight is 162 g/mol. The molecule has 1 aliphatic rings. The Morgan fingerprint density at radius 2 is 2.00 bits per heavy atom. The van der Waals surface area contributed by atoms with E-state index in [0.717, 1.165) is 11.8 Å². The fourth-order valence-corrected chi connectivity index (χ4v) is 1.91. The van der Waals surface area contributed by atoms with Crippen LogP contribution in [0.4, 0.5) is 0 Å². The molecule has 1 aliphatic carbocycles. The Labute approximate surface area is 76.1 Å². The molecular formula is C12H18. The lowest BCUT2D eigenvalue weighted by Gasteiger charge is -2.05. The average Bonchev–Trinajstić information content (AvgIpc) is 2.73. The van der Waals surface area contributed by atoms with Gasteiger partial charge in [0.2, 0.25) is 0 Å². The zero-order valence-corrected chi connectivity index (χ0v) is 8.09. The quantitative estimate of drug-likeness (QED) is 0.591. The molecule has 0 bridgehead atoms. The van der Waals surface area contributed by atoms with Gasteiger partial charge in [-0.3, -0.25) is 0 Å². The van der Waals surface area contributed by atoms with Gasteiger partial charge < -0.3 is 0 Å². The second-order valence-corrected chi connectivity index (χ2v) is 4.18. The number of benzene rings is 1. The summed E-state index contributed by atoms with van der Waals surface area (Å²) in [5, 5.41) is 0. The van der Waals surface area contributed by atoms with E-state index in [4.69, 9.17) is 0 Å². The van der Waals surface area contributed by atoms with E-state index >= 15 is 0 Å². The topological polar surface area (TPSA) is 0 Å². The lowest BCUT2D eigenvalue weighted by Crippen LogP contribution is -1.87. The van der Waals surface area contributed by atoms with E-state index in [1.807, 2.05) is 0 Å². The van der Waals surface area contributed by atoms with Crippen LogP contribution in [-0.4, -0.2) is 0 Å². The lowest BCUT2D eigenvalue weighted by molar-refractivity contribution is 0.907. The predicted octanol–water partition coefficient (Wildman–Crippen LogP) is 3.67. The first kappa shape index (κ1) is 7.85. The van der Waals surface area contributed by atoms with Crippen molar-refractivity contribution in [3.8, 4) is 0 Å². The van der Waals surface area contributed by atoms with Crippen molar-refractivity contribution < 1.29 is 1.43 Å². The molecule has 0 amide bonds. The van der Waals surface area contributed by atoms with Crippen LogP contribution >= 0.6 is 0 Å². The minimum atomic E-state index is 0. The van der Waals surface area contributed by atoms with Crippen molar-refractivity contribution >= 4 is 0 Å². The highest BCUT2D eigenvalue weighted by Crippen LogP contribution is 2.48. The standard InChI is InChI=1S/C12H16.H2/c1-8-4-5-9(2)11(6-8)12-7-10(12)3;/h4-6,10,12H,7H2,1-3H3;1H. The third-order valence-corrected chi connectivity index (χ3v) is 2.94. The maximum absolute atomic E-state index is 2.35. The molecule has 1 aromatic rings. The van der Waals surface area contributed by atoms with Crippen molar-refractivity contribution in [1.29, 1.82) is 0 Å². The van der Waals surface area contributed by atoms with Crippen LogP contribution < -0.4 is 0 Å². The van der Waals surface area contributed by atoms with Gasteiger partial charge >= 0.3 is 0 Å². The van der Waals surface area contributed by atoms with Crippen molar-refractivity contribution in [2.75, 3.05) is 0 Å². The molecule has 2 unspecified atom stereocenters. The zero-order valence-electron chi connectivity index (χ0n) is 8.09. The Morgan fingerprint density at radius 3 is 2.58 bits per heavy atom. The number of aryl methyl sites for hydroxylation is 2. The highest BCUT2D eigenvalue weighted by atomic mass is 14.4. The maximum Gasteiger partial charge on any atom is 0 e. The van der Waals surface area contributed by atoms with E-state index < -0.39 is 0 Å². The fourth-order valence-electron chi connectivity index (χ4n) is 1.91. The molecule has 0 spiro atoms. The van der Waals surface area contributed by atoms with Gasteiger partial charge in [-0.15, -0.1) is 0 Å². The van der Waals surface area contributed by atoms with Gasteiger partial charge in [-0.05, 0) is 43.2 Å². The predicted molar refractivity (Wildman–Crippen MR) is 54.6 cm³/mol. The number of hydrogen-bond donors (Lipinski definition) is 0. The molecule has 0 aliphatic heterocycles. The highest BCUT2D eigenvalue weighted by molar-refractivity contribution is 5.36. The van der Waals surface area contributed by atoms with Gasteiger partial charge in [0.1, 0.15) is 0 Å². The Balaban J connectivity index is 0.000000845. The molecule has 0 heterocycles. The molecular weight excluding hydrogens is 144 g/mol. The Bertz CT molecular complexity index is 304. The largest absolute Gasteiger partial charge is 0.0619 e. The summed E-state index contributed by atoms with van der Waals surface area (Å²) in [6, 6.07) is 6.80. The van der Waals surface area contributed by atoms with E-state index in [9.17, 15) is 0 Å². The summed E-state index contributed by atoms with van der Waals surface area (Å²) in [7, 11) is 0. The van der Waals surface area contributed by atoms with E-state index in [2.05, 4.69) is 39.0 Å². The van der Waals surface area contributed by atoms with E-state index in [1.165, 1.54) is 17.5 Å². The van der Waals surface area contributed by atoms with Crippen LogP contribution in [0.3, 0.4) is 0 Å². The van der Waals surface area contributed by atoms with Crippen molar-refractivity contribution in [1.82, 2.24) is 0 Å². The van der Waals surface area contributed by atoms with Gasteiger partial charge in [0.25, 0.3) is 0 Å². The minimum absolute atomic E-state index is 0. The molecule has 12 heavy (non-hydrogen) atoms.